The fraction of sp³-hybridized carbons (Fsp3) is 0.125. The second-order valence-corrected chi connectivity index (χ2v) is 12.4. The predicted octanol–water partition coefficient (Wildman–Crippen LogP) is 8.89. The van der Waals surface area contributed by atoms with Crippen LogP contribution >= 0.6 is 11.8 Å². The third kappa shape index (κ3) is 8.87. The van der Waals surface area contributed by atoms with Crippen molar-refractivity contribution in [3.63, 3.8) is 0 Å². The minimum Gasteiger partial charge on any atom is -0.325 e. The number of para-hydroxylation sites is 1. The Morgan fingerprint density at radius 1 is 0.702 bits per heavy atom. The normalized spacial score (nSPS) is 11.8. The van der Waals surface area contributed by atoms with Crippen molar-refractivity contribution in [2.24, 2.45) is 0 Å². The number of thioether (sulfide) groups is 1. The molecule has 6 nitrogen and oxygen atoms in total. The summed E-state index contributed by atoms with van der Waals surface area (Å²) in [6.07, 6.45) is 2.29. The first-order chi connectivity index (χ1) is 22.8. The molecule has 236 valence electrons. The molecule has 0 fully saturated rings. The van der Waals surface area contributed by atoms with E-state index in [0.717, 1.165) is 38.4 Å². The number of hydrogen-bond donors (Lipinski definition) is 3. The van der Waals surface area contributed by atoms with Crippen LogP contribution in [0.4, 0.5) is 11.4 Å². The van der Waals surface area contributed by atoms with Crippen LogP contribution in [-0.4, -0.2) is 23.0 Å². The second kappa shape index (κ2) is 15.7. The van der Waals surface area contributed by atoms with E-state index in [1.165, 1.54) is 11.8 Å². The van der Waals surface area contributed by atoms with Crippen LogP contribution in [0.2, 0.25) is 0 Å². The molecule has 5 aromatic rings. The zero-order chi connectivity index (χ0) is 33.2. The lowest BCUT2D eigenvalue weighted by molar-refractivity contribution is -0.116. The van der Waals surface area contributed by atoms with Crippen molar-refractivity contribution in [3.8, 4) is 11.1 Å². The van der Waals surface area contributed by atoms with Crippen molar-refractivity contribution >= 4 is 46.9 Å². The number of rotatable bonds is 11. The van der Waals surface area contributed by atoms with Crippen LogP contribution in [0.3, 0.4) is 0 Å². The number of anilines is 2. The Morgan fingerprint density at radius 3 is 1.98 bits per heavy atom. The van der Waals surface area contributed by atoms with Gasteiger partial charge in [-0.2, -0.15) is 0 Å². The Bertz CT molecular complexity index is 1870. The molecule has 1 unspecified atom stereocenters. The summed E-state index contributed by atoms with van der Waals surface area (Å²) >= 11 is 1.44. The standard InChI is InChI=1S/C40H37N3O3S/c1-4-36(40(46)43-37-27(2)13-11-14-28(37)3)47-34-20-12-19-33(26-34)41-39(45)35(42-38(44)32-17-9-6-10-18-32)25-29-21-23-31(24-22-29)30-15-7-5-8-16-30/h5-26,36H,4H2,1-3H3,(H,41,45)(H,42,44)(H,43,46)/b35-25+. The lowest BCUT2D eigenvalue weighted by Crippen LogP contribution is -2.30. The van der Waals surface area contributed by atoms with E-state index in [-0.39, 0.29) is 16.9 Å². The molecule has 5 aromatic carbocycles. The van der Waals surface area contributed by atoms with Crippen LogP contribution in [0.25, 0.3) is 17.2 Å². The molecule has 7 heteroatoms. The summed E-state index contributed by atoms with van der Waals surface area (Å²) in [6, 6.07) is 39.9. The fourth-order valence-corrected chi connectivity index (χ4v) is 6.07. The van der Waals surface area contributed by atoms with Gasteiger partial charge in [0.2, 0.25) is 5.91 Å². The van der Waals surface area contributed by atoms with Gasteiger partial charge in [-0.15, -0.1) is 11.8 Å². The van der Waals surface area contributed by atoms with Gasteiger partial charge in [-0.25, -0.2) is 0 Å². The molecule has 0 aliphatic carbocycles. The Kier molecular flexibility index (Phi) is 11.0. The molecule has 0 saturated heterocycles. The average Bonchev–Trinajstić information content (AvgIpc) is 3.09. The number of amides is 3. The van der Waals surface area contributed by atoms with Crippen molar-refractivity contribution in [1.29, 1.82) is 0 Å². The monoisotopic (exact) mass is 639 g/mol. The summed E-state index contributed by atoms with van der Waals surface area (Å²) in [5, 5.41) is 8.51. The van der Waals surface area contributed by atoms with Gasteiger partial charge in [-0.3, -0.25) is 14.4 Å². The van der Waals surface area contributed by atoms with E-state index in [0.29, 0.717) is 17.7 Å². The van der Waals surface area contributed by atoms with Gasteiger partial charge < -0.3 is 16.0 Å². The maximum atomic E-state index is 13.7. The van der Waals surface area contributed by atoms with Gasteiger partial charge in [0.05, 0.1) is 5.25 Å². The molecule has 1 atom stereocenters. The van der Waals surface area contributed by atoms with Crippen LogP contribution in [-0.2, 0) is 9.59 Å². The second-order valence-electron chi connectivity index (χ2n) is 11.1. The van der Waals surface area contributed by atoms with Crippen LogP contribution in [0.5, 0.6) is 0 Å². The maximum absolute atomic E-state index is 13.7. The molecular formula is C40H37N3O3S. The summed E-state index contributed by atoms with van der Waals surface area (Å²) in [4.78, 5) is 40.9. The molecule has 0 aliphatic rings. The topological polar surface area (TPSA) is 87.3 Å². The number of benzene rings is 5. The molecule has 47 heavy (non-hydrogen) atoms. The number of carbonyl (C=O) groups excluding carboxylic acids is 3. The van der Waals surface area contributed by atoms with Crippen LogP contribution in [0, 0.1) is 13.8 Å². The number of carbonyl (C=O) groups is 3. The highest BCUT2D eigenvalue weighted by Crippen LogP contribution is 2.30. The predicted molar refractivity (Wildman–Crippen MR) is 193 cm³/mol. The number of nitrogens with one attached hydrogen (secondary N) is 3. The van der Waals surface area contributed by atoms with Crippen molar-refractivity contribution < 1.29 is 14.4 Å². The molecule has 3 amide bonds. The highest BCUT2D eigenvalue weighted by atomic mass is 32.2. The summed E-state index contributed by atoms with van der Waals surface area (Å²) in [6.45, 7) is 5.94. The lowest BCUT2D eigenvalue weighted by atomic mass is 10.0. The minimum absolute atomic E-state index is 0.0727. The van der Waals surface area contributed by atoms with Gasteiger partial charge in [0.25, 0.3) is 11.8 Å². The first-order valence-corrected chi connectivity index (χ1v) is 16.4. The molecule has 0 bridgehead atoms. The lowest BCUT2D eigenvalue weighted by Gasteiger charge is -2.18. The van der Waals surface area contributed by atoms with E-state index in [4.69, 9.17) is 0 Å². The molecule has 5 rings (SSSR count). The smallest absolute Gasteiger partial charge is 0.272 e. The number of aryl methyl sites for hydroxylation is 2. The summed E-state index contributed by atoms with van der Waals surface area (Å²) < 4.78 is 0. The maximum Gasteiger partial charge on any atom is 0.272 e. The summed E-state index contributed by atoms with van der Waals surface area (Å²) in [5.74, 6) is -0.933. The SMILES string of the molecule is CCC(Sc1cccc(NC(=O)/C(=C\c2ccc(-c3ccccc3)cc2)NC(=O)c2ccccc2)c1)C(=O)Nc1c(C)cccc1C. The van der Waals surface area contributed by atoms with Crippen molar-refractivity contribution in [1.82, 2.24) is 5.32 Å². The molecule has 3 N–H and O–H groups in total. The quantitative estimate of drug-likeness (QED) is 0.0995. The molecular weight excluding hydrogens is 603 g/mol. The molecule has 0 aromatic heterocycles. The van der Waals surface area contributed by atoms with Gasteiger partial charge >= 0.3 is 0 Å². The van der Waals surface area contributed by atoms with E-state index in [1.54, 1.807) is 36.4 Å². The van der Waals surface area contributed by atoms with Crippen LogP contribution < -0.4 is 16.0 Å². The van der Waals surface area contributed by atoms with E-state index in [9.17, 15) is 14.4 Å². The van der Waals surface area contributed by atoms with Gasteiger partial charge in [0.15, 0.2) is 0 Å². The first-order valence-electron chi connectivity index (χ1n) is 15.5. The van der Waals surface area contributed by atoms with E-state index in [2.05, 4.69) is 16.0 Å². The fourth-order valence-electron chi connectivity index (χ4n) is 5.06. The highest BCUT2D eigenvalue weighted by molar-refractivity contribution is 8.00. The Labute approximate surface area is 280 Å². The molecule has 0 spiro atoms. The van der Waals surface area contributed by atoms with E-state index in [1.807, 2.05) is 118 Å². The first kappa shape index (κ1) is 33.0. The highest BCUT2D eigenvalue weighted by Gasteiger charge is 2.20. The number of hydrogen-bond acceptors (Lipinski definition) is 4. The molecule has 0 heterocycles. The van der Waals surface area contributed by atoms with Crippen LogP contribution in [0.15, 0.2) is 138 Å². The minimum atomic E-state index is -0.469. The Balaban J connectivity index is 1.34. The summed E-state index contributed by atoms with van der Waals surface area (Å²) in [7, 11) is 0. The third-order valence-corrected chi connectivity index (χ3v) is 8.98. The Morgan fingerprint density at radius 2 is 1.32 bits per heavy atom. The van der Waals surface area contributed by atoms with Crippen molar-refractivity contribution in [2.45, 2.75) is 37.3 Å². The zero-order valence-corrected chi connectivity index (χ0v) is 27.4. The molecule has 0 saturated carbocycles. The van der Waals surface area contributed by atoms with Gasteiger partial charge in [-0.1, -0.05) is 104 Å². The average molecular weight is 640 g/mol. The van der Waals surface area contributed by atoms with Crippen LogP contribution in [0.1, 0.15) is 40.4 Å². The molecule has 0 aliphatic heterocycles. The Hall–Kier alpha value is -5.40. The zero-order valence-electron chi connectivity index (χ0n) is 26.6. The molecule has 0 radical (unpaired) electrons. The summed E-state index contributed by atoms with van der Waals surface area (Å²) in [5.41, 5.74) is 6.84. The third-order valence-electron chi connectivity index (χ3n) is 7.62. The van der Waals surface area contributed by atoms with Gasteiger partial charge in [0, 0.05) is 21.8 Å². The van der Waals surface area contributed by atoms with Gasteiger partial charge in [-0.05, 0) is 84.5 Å². The largest absolute Gasteiger partial charge is 0.325 e. The van der Waals surface area contributed by atoms with E-state index >= 15 is 0 Å². The van der Waals surface area contributed by atoms with E-state index < -0.39 is 11.8 Å². The van der Waals surface area contributed by atoms with Crippen molar-refractivity contribution in [3.05, 3.63) is 155 Å². The van der Waals surface area contributed by atoms with Gasteiger partial charge in [0.1, 0.15) is 5.70 Å². The van der Waals surface area contributed by atoms with Crippen molar-refractivity contribution in [2.75, 3.05) is 10.6 Å².